The molecule has 4 fully saturated rings. The smallest absolute Gasteiger partial charge is 0.242 e. The van der Waals surface area contributed by atoms with Crippen molar-refractivity contribution in [3.8, 4) is 0 Å². The molecular formula is C23H25N3O+2. The van der Waals surface area contributed by atoms with Crippen LogP contribution in [-0.4, -0.2) is 36.9 Å². The molecule has 0 aliphatic carbocycles. The lowest BCUT2D eigenvalue weighted by atomic mass is 9.58. The highest BCUT2D eigenvalue weighted by atomic mass is 16.1. The normalized spacial score (nSPS) is 37.2. The Bertz CT molecular complexity index is 1040. The molecule has 3 aromatic rings. The fourth-order valence-electron chi connectivity index (χ4n) is 6.49. The molecule has 4 nitrogen and oxygen atoms in total. The van der Waals surface area contributed by atoms with Gasteiger partial charge in [-0.05, 0) is 18.6 Å². The summed E-state index contributed by atoms with van der Waals surface area (Å²) in [7, 11) is 0. The van der Waals surface area contributed by atoms with E-state index in [9.17, 15) is 4.79 Å². The van der Waals surface area contributed by atoms with Crippen molar-refractivity contribution in [2.45, 2.75) is 18.5 Å². The monoisotopic (exact) mass is 359 g/mol. The maximum absolute atomic E-state index is 13.6. The van der Waals surface area contributed by atoms with Crippen LogP contribution in [-0.2, 0) is 10.2 Å². The molecule has 2 aromatic carbocycles. The summed E-state index contributed by atoms with van der Waals surface area (Å²) in [5, 5.41) is 1.33. The van der Waals surface area contributed by atoms with Crippen LogP contribution in [0, 0.1) is 5.41 Å². The number of ketones is 1. The van der Waals surface area contributed by atoms with Gasteiger partial charge in [0, 0.05) is 17.1 Å². The second-order valence-electron chi connectivity index (χ2n) is 9.08. The molecule has 1 aromatic heterocycles. The predicted octanol–water partition coefficient (Wildman–Crippen LogP) is 0.491. The highest BCUT2D eigenvalue weighted by Crippen LogP contribution is 2.39. The van der Waals surface area contributed by atoms with Gasteiger partial charge in [-0.3, -0.25) is 14.6 Å². The van der Waals surface area contributed by atoms with Gasteiger partial charge in [0.05, 0.1) is 5.56 Å². The number of para-hydroxylation sites is 1. The number of quaternary nitrogens is 2. The molecule has 136 valence electrons. The minimum Gasteiger partial charge on any atom is -0.360 e. The molecule has 4 bridgehead atoms. The Morgan fingerprint density at radius 2 is 1.59 bits per heavy atom. The highest BCUT2D eigenvalue weighted by molar-refractivity contribution is 5.96. The summed E-state index contributed by atoms with van der Waals surface area (Å²) in [6.45, 7) is 5.94. The fraction of sp³-hybridized carbons (Fsp3) is 0.348. The number of rotatable bonds is 2. The number of piperidine rings is 2. The summed E-state index contributed by atoms with van der Waals surface area (Å²) >= 11 is 0. The Morgan fingerprint density at radius 1 is 0.926 bits per heavy atom. The minimum absolute atomic E-state index is 0.209. The van der Waals surface area contributed by atoms with Crippen LogP contribution in [0.2, 0.25) is 0 Å². The molecule has 4 aliphatic rings. The summed E-state index contributed by atoms with van der Waals surface area (Å²) in [6.07, 6.45) is 2.62. The molecule has 2 atom stereocenters. The molecular weight excluding hydrogens is 334 g/mol. The third kappa shape index (κ3) is 1.92. The number of fused-ring (bicyclic) bond motifs is 1. The van der Waals surface area contributed by atoms with Crippen molar-refractivity contribution < 1.29 is 14.6 Å². The van der Waals surface area contributed by atoms with Crippen molar-refractivity contribution >= 4 is 16.7 Å². The van der Waals surface area contributed by atoms with Crippen LogP contribution in [0.25, 0.3) is 10.9 Å². The van der Waals surface area contributed by atoms with Crippen LogP contribution >= 0.6 is 0 Å². The van der Waals surface area contributed by atoms with Gasteiger partial charge >= 0.3 is 0 Å². The Balaban J connectivity index is 1.49. The number of aromatic amines is 1. The Morgan fingerprint density at radius 3 is 2.33 bits per heavy atom. The SMILES string of the molecule is CC12C[NH+]3CC(c4ccccc4)(C[NH+](C1)C3c1c[nH]c3ccccc13)C2=O. The number of benzene rings is 2. The number of nitrogens with one attached hydrogen (secondary N) is 3. The number of carbonyl (C=O) groups is 1. The van der Waals surface area contributed by atoms with E-state index < -0.39 is 0 Å². The second kappa shape index (κ2) is 5.09. The van der Waals surface area contributed by atoms with Crippen LogP contribution in [0.1, 0.15) is 24.2 Å². The molecule has 27 heavy (non-hydrogen) atoms. The molecule has 4 heteroatoms. The summed E-state index contributed by atoms with van der Waals surface area (Å²) in [4.78, 5) is 20.2. The van der Waals surface area contributed by atoms with Crippen molar-refractivity contribution in [3.05, 3.63) is 71.9 Å². The molecule has 0 amide bonds. The fourth-order valence-corrected chi connectivity index (χ4v) is 6.49. The summed E-state index contributed by atoms with van der Waals surface area (Å²) in [6, 6.07) is 19.1. The number of hydrogen-bond acceptors (Lipinski definition) is 1. The van der Waals surface area contributed by atoms with Crippen molar-refractivity contribution in [2.24, 2.45) is 5.41 Å². The molecule has 4 saturated heterocycles. The van der Waals surface area contributed by atoms with E-state index in [1.807, 2.05) is 6.07 Å². The van der Waals surface area contributed by atoms with E-state index >= 15 is 0 Å². The van der Waals surface area contributed by atoms with Gasteiger partial charge in [0.1, 0.15) is 31.6 Å². The van der Waals surface area contributed by atoms with Gasteiger partial charge < -0.3 is 4.98 Å². The van der Waals surface area contributed by atoms with E-state index in [4.69, 9.17) is 0 Å². The first-order valence-electron chi connectivity index (χ1n) is 9.96. The second-order valence-corrected chi connectivity index (χ2v) is 9.08. The van der Waals surface area contributed by atoms with Crippen molar-refractivity contribution in [2.75, 3.05) is 26.2 Å². The standard InChI is InChI=1S/C23H23N3O/c1-22-12-25-14-23(21(22)27,16-7-3-2-4-8-16)15-26(13-22)20(25)18-11-24-19-10-6-5-9-17(18)19/h2-11,20,24H,12-15H2,1H3/p+2. The van der Waals surface area contributed by atoms with E-state index in [0.717, 1.165) is 26.2 Å². The van der Waals surface area contributed by atoms with E-state index in [-0.39, 0.29) is 10.8 Å². The van der Waals surface area contributed by atoms with Gasteiger partial charge in [-0.2, -0.15) is 0 Å². The number of aromatic nitrogens is 1. The largest absolute Gasteiger partial charge is 0.360 e. The summed E-state index contributed by atoms with van der Waals surface area (Å²) < 4.78 is 0. The maximum Gasteiger partial charge on any atom is 0.242 e. The first-order chi connectivity index (χ1) is 13.1. The molecule has 5 heterocycles. The van der Waals surface area contributed by atoms with Crippen LogP contribution in [0.15, 0.2) is 60.8 Å². The molecule has 3 N–H and O–H groups in total. The third-order valence-electron chi connectivity index (χ3n) is 7.35. The Hall–Kier alpha value is -2.43. The first-order valence-corrected chi connectivity index (χ1v) is 9.96. The molecule has 0 spiro atoms. The van der Waals surface area contributed by atoms with Crippen LogP contribution < -0.4 is 9.80 Å². The number of Topliss-reactive ketones (excluding diaryl/α,β-unsaturated/α-hetero) is 1. The van der Waals surface area contributed by atoms with Crippen molar-refractivity contribution in [1.82, 2.24) is 4.98 Å². The molecule has 4 aliphatic heterocycles. The van der Waals surface area contributed by atoms with Crippen molar-refractivity contribution in [3.63, 3.8) is 0 Å². The van der Waals surface area contributed by atoms with E-state index in [0.29, 0.717) is 11.9 Å². The lowest BCUT2D eigenvalue weighted by molar-refractivity contribution is -1.18. The van der Waals surface area contributed by atoms with E-state index in [1.54, 1.807) is 9.80 Å². The summed E-state index contributed by atoms with van der Waals surface area (Å²) in [5.41, 5.74) is 3.31. The Kier molecular flexibility index (Phi) is 2.94. The zero-order chi connectivity index (χ0) is 18.2. The average molecular weight is 359 g/mol. The zero-order valence-corrected chi connectivity index (χ0v) is 15.6. The summed E-state index contributed by atoms with van der Waals surface area (Å²) in [5.74, 6) is 0.478. The molecule has 0 radical (unpaired) electrons. The average Bonchev–Trinajstić information content (AvgIpc) is 3.10. The number of carbonyl (C=O) groups excluding carboxylic acids is 1. The zero-order valence-electron chi connectivity index (χ0n) is 15.6. The van der Waals surface area contributed by atoms with E-state index in [2.05, 4.69) is 66.6 Å². The van der Waals surface area contributed by atoms with Gasteiger partial charge in [0.15, 0.2) is 11.2 Å². The van der Waals surface area contributed by atoms with Crippen LogP contribution in [0.3, 0.4) is 0 Å². The van der Waals surface area contributed by atoms with Gasteiger partial charge in [-0.15, -0.1) is 0 Å². The number of hydrogen-bond donors (Lipinski definition) is 3. The molecule has 0 saturated carbocycles. The van der Waals surface area contributed by atoms with Gasteiger partial charge in [0.25, 0.3) is 0 Å². The van der Waals surface area contributed by atoms with Crippen LogP contribution in [0.5, 0.6) is 0 Å². The van der Waals surface area contributed by atoms with Gasteiger partial charge in [-0.1, -0.05) is 48.5 Å². The third-order valence-corrected chi connectivity index (χ3v) is 7.35. The van der Waals surface area contributed by atoms with Gasteiger partial charge in [0.2, 0.25) is 6.17 Å². The van der Waals surface area contributed by atoms with Gasteiger partial charge in [-0.25, -0.2) is 0 Å². The molecule has 2 unspecified atom stereocenters. The first kappa shape index (κ1) is 15.6. The van der Waals surface area contributed by atoms with Crippen molar-refractivity contribution in [1.29, 1.82) is 0 Å². The molecule has 7 rings (SSSR count). The predicted molar refractivity (Wildman–Crippen MR) is 104 cm³/mol. The maximum atomic E-state index is 13.6. The lowest BCUT2D eigenvalue weighted by Gasteiger charge is -2.59. The minimum atomic E-state index is -0.320. The lowest BCUT2D eigenvalue weighted by Crippen LogP contribution is -3.41. The Labute approximate surface area is 158 Å². The quantitative estimate of drug-likeness (QED) is 0.613. The van der Waals surface area contributed by atoms with E-state index in [1.165, 1.54) is 22.0 Å². The van der Waals surface area contributed by atoms with Crippen LogP contribution in [0.4, 0.5) is 0 Å². The highest BCUT2D eigenvalue weighted by Gasteiger charge is 2.70. The topological polar surface area (TPSA) is 41.7 Å². The number of H-pyrrole nitrogens is 1.